The minimum atomic E-state index is 0.748. The first-order chi connectivity index (χ1) is 14.2. The van der Waals surface area contributed by atoms with E-state index in [0.717, 1.165) is 87.2 Å². The summed E-state index contributed by atoms with van der Waals surface area (Å²) in [6, 6.07) is 2.11. The van der Waals surface area contributed by atoms with Gasteiger partial charge in [-0.2, -0.15) is 0 Å². The van der Waals surface area contributed by atoms with Gasteiger partial charge in [0.2, 0.25) is 5.65 Å². The van der Waals surface area contributed by atoms with Crippen LogP contribution in [0.5, 0.6) is 0 Å². The molecule has 0 radical (unpaired) electrons. The van der Waals surface area contributed by atoms with E-state index in [1.54, 1.807) is 0 Å². The van der Waals surface area contributed by atoms with Crippen LogP contribution in [0.3, 0.4) is 0 Å². The molecule has 29 heavy (non-hydrogen) atoms. The SMILES string of the molecule is Cc1nc(N2CCOCC2)cc(N2CCN(c3nccn4c(C)nnc34)CC2)n1. The van der Waals surface area contributed by atoms with Crippen molar-refractivity contribution in [1.29, 1.82) is 0 Å². The number of ether oxygens (including phenoxy) is 1. The molecule has 0 amide bonds. The van der Waals surface area contributed by atoms with E-state index in [9.17, 15) is 0 Å². The molecule has 2 aliphatic rings. The Morgan fingerprint density at radius 3 is 2.21 bits per heavy atom. The highest BCUT2D eigenvalue weighted by Crippen LogP contribution is 2.24. The molecule has 2 saturated heterocycles. The van der Waals surface area contributed by atoms with Crippen LogP contribution in [0.4, 0.5) is 17.5 Å². The lowest BCUT2D eigenvalue weighted by Gasteiger charge is -2.36. The summed E-state index contributed by atoms with van der Waals surface area (Å²) >= 11 is 0. The van der Waals surface area contributed by atoms with Gasteiger partial charge in [-0.15, -0.1) is 10.2 Å². The number of hydrogen-bond acceptors (Lipinski definition) is 9. The third kappa shape index (κ3) is 3.44. The molecule has 152 valence electrons. The van der Waals surface area contributed by atoms with Crippen molar-refractivity contribution in [3.63, 3.8) is 0 Å². The zero-order valence-electron chi connectivity index (χ0n) is 16.8. The highest BCUT2D eigenvalue weighted by Gasteiger charge is 2.23. The predicted octanol–water partition coefficient (Wildman–Crippen LogP) is 0.694. The minimum Gasteiger partial charge on any atom is -0.378 e. The Bertz CT molecular complexity index is 1010. The fourth-order valence-electron chi connectivity index (χ4n) is 3.95. The van der Waals surface area contributed by atoms with E-state index in [4.69, 9.17) is 9.72 Å². The van der Waals surface area contributed by atoms with Gasteiger partial charge in [-0.25, -0.2) is 15.0 Å². The summed E-state index contributed by atoms with van der Waals surface area (Å²) in [4.78, 5) is 20.8. The maximum atomic E-state index is 5.47. The number of rotatable bonds is 3. The molecule has 5 rings (SSSR count). The van der Waals surface area contributed by atoms with Crippen molar-refractivity contribution < 1.29 is 4.74 Å². The highest BCUT2D eigenvalue weighted by atomic mass is 16.5. The zero-order chi connectivity index (χ0) is 19.8. The van der Waals surface area contributed by atoms with Crippen LogP contribution in [-0.2, 0) is 4.74 Å². The van der Waals surface area contributed by atoms with Crippen LogP contribution >= 0.6 is 0 Å². The molecule has 10 nitrogen and oxygen atoms in total. The predicted molar refractivity (Wildman–Crippen MR) is 110 cm³/mol. The monoisotopic (exact) mass is 395 g/mol. The first-order valence-corrected chi connectivity index (χ1v) is 10.0. The maximum Gasteiger partial charge on any atom is 0.203 e. The Kier molecular flexibility index (Phi) is 4.62. The molecular formula is C19H25N9O. The first kappa shape index (κ1) is 18.0. The molecule has 10 heteroatoms. The molecule has 0 aliphatic carbocycles. The van der Waals surface area contributed by atoms with Gasteiger partial charge >= 0.3 is 0 Å². The fraction of sp³-hybridized carbons (Fsp3) is 0.526. The normalized spacial score (nSPS) is 17.9. The van der Waals surface area contributed by atoms with E-state index in [2.05, 4.69) is 40.9 Å². The van der Waals surface area contributed by atoms with E-state index in [1.807, 2.05) is 30.6 Å². The van der Waals surface area contributed by atoms with Crippen LogP contribution < -0.4 is 14.7 Å². The number of aromatic nitrogens is 6. The molecule has 0 N–H and O–H groups in total. The van der Waals surface area contributed by atoms with Crippen LogP contribution in [0, 0.1) is 13.8 Å². The Morgan fingerprint density at radius 1 is 0.828 bits per heavy atom. The molecule has 3 aromatic rings. The van der Waals surface area contributed by atoms with Crippen LogP contribution in [-0.4, -0.2) is 82.0 Å². The van der Waals surface area contributed by atoms with Gasteiger partial charge < -0.3 is 19.4 Å². The summed E-state index contributed by atoms with van der Waals surface area (Å²) in [7, 11) is 0. The average molecular weight is 395 g/mol. The van der Waals surface area contributed by atoms with Crippen LogP contribution in [0.15, 0.2) is 18.5 Å². The summed E-state index contributed by atoms with van der Waals surface area (Å²) in [6.07, 6.45) is 3.72. The molecule has 0 unspecified atom stereocenters. The third-order valence-electron chi connectivity index (χ3n) is 5.53. The number of anilines is 3. The van der Waals surface area contributed by atoms with Gasteiger partial charge in [0.25, 0.3) is 0 Å². The Labute approximate surface area is 169 Å². The molecule has 5 heterocycles. The minimum absolute atomic E-state index is 0.748. The van der Waals surface area contributed by atoms with Crippen molar-refractivity contribution in [2.45, 2.75) is 13.8 Å². The van der Waals surface area contributed by atoms with Crippen molar-refractivity contribution in [3.05, 3.63) is 30.1 Å². The summed E-state index contributed by atoms with van der Waals surface area (Å²) in [6.45, 7) is 10.6. The lowest BCUT2D eigenvalue weighted by molar-refractivity contribution is 0.122. The largest absolute Gasteiger partial charge is 0.378 e. The number of fused-ring (bicyclic) bond motifs is 1. The third-order valence-corrected chi connectivity index (χ3v) is 5.53. The van der Waals surface area contributed by atoms with Gasteiger partial charge in [-0.05, 0) is 13.8 Å². The van der Waals surface area contributed by atoms with Crippen molar-refractivity contribution in [2.24, 2.45) is 0 Å². The Hall–Kier alpha value is -3.01. The molecule has 0 bridgehead atoms. The average Bonchev–Trinajstić information content (AvgIpc) is 3.15. The van der Waals surface area contributed by atoms with Crippen LogP contribution in [0.2, 0.25) is 0 Å². The van der Waals surface area contributed by atoms with Crippen molar-refractivity contribution in [3.8, 4) is 0 Å². The van der Waals surface area contributed by atoms with Gasteiger partial charge in [-0.1, -0.05) is 0 Å². The maximum absolute atomic E-state index is 5.47. The Balaban J connectivity index is 1.33. The lowest BCUT2D eigenvalue weighted by Crippen LogP contribution is -2.47. The van der Waals surface area contributed by atoms with Crippen molar-refractivity contribution in [1.82, 2.24) is 29.5 Å². The lowest BCUT2D eigenvalue weighted by atomic mass is 10.3. The molecule has 0 saturated carbocycles. The summed E-state index contributed by atoms with van der Waals surface area (Å²) < 4.78 is 7.45. The highest BCUT2D eigenvalue weighted by molar-refractivity contribution is 5.64. The topological polar surface area (TPSA) is 87.8 Å². The molecule has 3 aromatic heterocycles. The molecule has 0 atom stereocenters. The quantitative estimate of drug-likeness (QED) is 0.636. The first-order valence-electron chi connectivity index (χ1n) is 10.0. The second kappa shape index (κ2) is 7.43. The molecule has 0 spiro atoms. The summed E-state index contributed by atoms with van der Waals surface area (Å²) in [5, 5.41) is 8.49. The fourth-order valence-corrected chi connectivity index (χ4v) is 3.95. The van der Waals surface area contributed by atoms with Gasteiger partial charge in [0.1, 0.15) is 23.3 Å². The number of hydrogen-bond donors (Lipinski definition) is 0. The van der Waals surface area contributed by atoms with E-state index in [0.29, 0.717) is 0 Å². The van der Waals surface area contributed by atoms with Gasteiger partial charge in [0.15, 0.2) is 5.82 Å². The standard InChI is InChI=1S/C19H25N9O/c1-14-21-16(13-17(22-14)26-9-11-29-12-10-26)25-5-7-27(8-6-25)18-19-24-23-15(2)28(19)4-3-20-18/h3-4,13H,5-12H2,1-2H3. The number of morpholine rings is 1. The zero-order valence-corrected chi connectivity index (χ0v) is 16.8. The molecule has 2 aliphatic heterocycles. The molecule has 2 fully saturated rings. The van der Waals surface area contributed by atoms with Crippen molar-refractivity contribution >= 4 is 23.1 Å². The van der Waals surface area contributed by atoms with E-state index in [1.165, 1.54) is 0 Å². The number of nitrogens with zero attached hydrogens (tertiary/aromatic N) is 9. The van der Waals surface area contributed by atoms with Gasteiger partial charge in [0.05, 0.1) is 13.2 Å². The summed E-state index contributed by atoms with van der Waals surface area (Å²) in [5.41, 5.74) is 0.811. The van der Waals surface area contributed by atoms with Gasteiger partial charge in [-0.3, -0.25) is 4.40 Å². The second-order valence-electron chi connectivity index (χ2n) is 7.40. The second-order valence-corrected chi connectivity index (χ2v) is 7.40. The van der Waals surface area contributed by atoms with Gasteiger partial charge in [0, 0.05) is 57.7 Å². The van der Waals surface area contributed by atoms with Crippen molar-refractivity contribution in [2.75, 3.05) is 67.2 Å². The van der Waals surface area contributed by atoms with E-state index in [-0.39, 0.29) is 0 Å². The van der Waals surface area contributed by atoms with Crippen LogP contribution in [0.1, 0.15) is 11.6 Å². The van der Waals surface area contributed by atoms with E-state index < -0.39 is 0 Å². The smallest absolute Gasteiger partial charge is 0.203 e. The van der Waals surface area contributed by atoms with E-state index >= 15 is 0 Å². The number of piperazine rings is 1. The molecule has 0 aromatic carbocycles. The van der Waals surface area contributed by atoms with Crippen LogP contribution in [0.25, 0.3) is 5.65 Å². The Morgan fingerprint density at radius 2 is 1.48 bits per heavy atom. The molecular weight excluding hydrogens is 370 g/mol. The number of aryl methyl sites for hydroxylation is 2. The summed E-state index contributed by atoms with van der Waals surface area (Å²) in [5.74, 6) is 4.54.